The summed E-state index contributed by atoms with van der Waals surface area (Å²) in [6, 6.07) is 10.1. The van der Waals surface area contributed by atoms with Crippen LogP contribution in [0.5, 0.6) is 0 Å². The number of halogens is 1. The third-order valence-electron chi connectivity index (χ3n) is 2.29. The Morgan fingerprint density at radius 1 is 1.36 bits per heavy atom. The first-order chi connectivity index (χ1) is 6.77. The molecular weight excluding hydrogens is 198 g/mol. The fourth-order valence-electron chi connectivity index (χ4n) is 1.41. The van der Waals surface area contributed by atoms with Crippen molar-refractivity contribution in [1.29, 1.82) is 0 Å². The van der Waals surface area contributed by atoms with Crippen molar-refractivity contribution in [2.75, 3.05) is 12.9 Å². The molecule has 1 aromatic carbocycles. The van der Waals surface area contributed by atoms with Gasteiger partial charge in [-0.1, -0.05) is 30.3 Å². The lowest BCUT2D eigenvalue weighted by Gasteiger charge is -2.20. The first kappa shape index (κ1) is 11.5. The second kappa shape index (κ2) is 6.02. The number of alkyl halides is 1. The van der Waals surface area contributed by atoms with Gasteiger partial charge >= 0.3 is 0 Å². The lowest BCUT2D eigenvalue weighted by atomic mass is 10.0. The second-order valence-corrected chi connectivity index (χ2v) is 3.62. The molecule has 0 heterocycles. The molecule has 78 valence electrons. The van der Waals surface area contributed by atoms with Gasteiger partial charge in [0.25, 0.3) is 0 Å². The maximum absolute atomic E-state index is 9.58. The van der Waals surface area contributed by atoms with E-state index in [1.54, 1.807) is 0 Å². The highest BCUT2D eigenvalue weighted by Crippen LogP contribution is 2.06. The summed E-state index contributed by atoms with van der Waals surface area (Å²) in [6.07, 6.45) is 0.299. The molecule has 0 saturated heterocycles. The van der Waals surface area contributed by atoms with Crippen LogP contribution in [0.4, 0.5) is 0 Å². The van der Waals surface area contributed by atoms with Crippen molar-refractivity contribution in [3.05, 3.63) is 35.9 Å². The average Bonchev–Trinajstić information content (AvgIpc) is 2.26. The standard InChI is InChI=1S/C11H16ClNO/c1-13-10(11(14)8-12)7-9-5-3-2-4-6-9/h2-6,10-11,13-14H,7-8H2,1H3. The Morgan fingerprint density at radius 2 is 2.00 bits per heavy atom. The van der Waals surface area contributed by atoms with Gasteiger partial charge in [-0.2, -0.15) is 0 Å². The molecule has 0 radical (unpaired) electrons. The van der Waals surface area contributed by atoms with Gasteiger partial charge in [-0.25, -0.2) is 0 Å². The number of aliphatic hydroxyl groups is 1. The van der Waals surface area contributed by atoms with E-state index in [1.807, 2.05) is 37.4 Å². The van der Waals surface area contributed by atoms with Crippen LogP contribution in [-0.4, -0.2) is 30.2 Å². The third-order valence-corrected chi connectivity index (χ3v) is 2.61. The van der Waals surface area contributed by atoms with Gasteiger partial charge in [0, 0.05) is 11.9 Å². The summed E-state index contributed by atoms with van der Waals surface area (Å²) < 4.78 is 0. The highest BCUT2D eigenvalue weighted by molar-refractivity contribution is 6.18. The topological polar surface area (TPSA) is 32.3 Å². The number of likely N-dealkylation sites (N-methyl/N-ethyl adjacent to an activating group) is 1. The minimum absolute atomic E-state index is 0.0231. The molecule has 0 bridgehead atoms. The molecule has 2 atom stereocenters. The molecule has 0 amide bonds. The number of hydrogen-bond acceptors (Lipinski definition) is 2. The molecule has 3 heteroatoms. The summed E-state index contributed by atoms with van der Waals surface area (Å²) in [6.45, 7) is 0. The molecule has 1 aromatic rings. The summed E-state index contributed by atoms with van der Waals surface area (Å²) >= 11 is 5.60. The SMILES string of the molecule is CNC(Cc1ccccc1)C(O)CCl. The molecular formula is C11H16ClNO. The van der Waals surface area contributed by atoms with Crippen molar-refractivity contribution in [2.45, 2.75) is 18.6 Å². The summed E-state index contributed by atoms with van der Waals surface area (Å²) in [5.41, 5.74) is 1.20. The molecule has 1 rings (SSSR count). The summed E-state index contributed by atoms with van der Waals surface area (Å²) in [4.78, 5) is 0. The Bertz CT molecular complexity index is 253. The van der Waals surface area contributed by atoms with Crippen molar-refractivity contribution in [3.8, 4) is 0 Å². The molecule has 0 aliphatic carbocycles. The van der Waals surface area contributed by atoms with Crippen LogP contribution in [0, 0.1) is 0 Å². The zero-order valence-corrected chi connectivity index (χ0v) is 9.04. The van der Waals surface area contributed by atoms with Crippen LogP contribution >= 0.6 is 11.6 Å². The van der Waals surface area contributed by atoms with Gasteiger partial charge in [0.1, 0.15) is 0 Å². The smallest absolute Gasteiger partial charge is 0.0831 e. The molecule has 2 unspecified atom stereocenters. The Morgan fingerprint density at radius 3 is 2.50 bits per heavy atom. The normalized spacial score (nSPS) is 15.1. The molecule has 0 aliphatic heterocycles. The molecule has 14 heavy (non-hydrogen) atoms. The van der Waals surface area contributed by atoms with Gasteiger partial charge in [0.15, 0.2) is 0 Å². The minimum Gasteiger partial charge on any atom is -0.390 e. The van der Waals surface area contributed by atoms with E-state index < -0.39 is 6.10 Å². The van der Waals surface area contributed by atoms with Gasteiger partial charge < -0.3 is 10.4 Å². The van der Waals surface area contributed by atoms with Gasteiger partial charge in [-0.05, 0) is 19.0 Å². The van der Waals surface area contributed by atoms with E-state index in [1.165, 1.54) is 5.56 Å². The molecule has 2 nitrogen and oxygen atoms in total. The van der Waals surface area contributed by atoms with Crippen molar-refractivity contribution in [3.63, 3.8) is 0 Å². The zero-order valence-electron chi connectivity index (χ0n) is 8.28. The number of aliphatic hydroxyl groups excluding tert-OH is 1. The highest BCUT2D eigenvalue weighted by atomic mass is 35.5. The van der Waals surface area contributed by atoms with E-state index in [2.05, 4.69) is 5.32 Å². The lowest BCUT2D eigenvalue weighted by molar-refractivity contribution is 0.152. The largest absolute Gasteiger partial charge is 0.390 e. The van der Waals surface area contributed by atoms with Crippen LogP contribution in [0.1, 0.15) is 5.56 Å². The summed E-state index contributed by atoms with van der Waals surface area (Å²) in [5.74, 6) is 0.262. The molecule has 0 aromatic heterocycles. The van der Waals surface area contributed by atoms with Crippen molar-refractivity contribution in [2.24, 2.45) is 0 Å². The molecule has 0 spiro atoms. The number of rotatable bonds is 5. The van der Waals surface area contributed by atoms with Crippen LogP contribution < -0.4 is 5.32 Å². The summed E-state index contributed by atoms with van der Waals surface area (Å²) in [7, 11) is 1.84. The molecule has 0 saturated carbocycles. The number of benzene rings is 1. The molecule has 2 N–H and O–H groups in total. The maximum Gasteiger partial charge on any atom is 0.0831 e. The van der Waals surface area contributed by atoms with Gasteiger partial charge in [-0.15, -0.1) is 11.6 Å². The molecule has 0 aliphatic rings. The fourth-order valence-corrected chi connectivity index (χ4v) is 1.62. The predicted molar refractivity (Wildman–Crippen MR) is 59.7 cm³/mol. The van der Waals surface area contributed by atoms with Gasteiger partial charge in [0.2, 0.25) is 0 Å². The van der Waals surface area contributed by atoms with Crippen LogP contribution in [0.2, 0.25) is 0 Å². The van der Waals surface area contributed by atoms with E-state index in [9.17, 15) is 5.11 Å². The lowest BCUT2D eigenvalue weighted by Crippen LogP contribution is -2.40. The highest BCUT2D eigenvalue weighted by Gasteiger charge is 2.16. The third kappa shape index (κ3) is 3.29. The predicted octanol–water partition coefficient (Wildman–Crippen LogP) is 1.42. The van der Waals surface area contributed by atoms with Crippen LogP contribution in [0.25, 0.3) is 0 Å². The number of hydrogen-bond donors (Lipinski definition) is 2. The van der Waals surface area contributed by atoms with Crippen LogP contribution in [-0.2, 0) is 6.42 Å². The van der Waals surface area contributed by atoms with Crippen LogP contribution in [0.3, 0.4) is 0 Å². The van der Waals surface area contributed by atoms with E-state index >= 15 is 0 Å². The van der Waals surface area contributed by atoms with Crippen LogP contribution in [0.15, 0.2) is 30.3 Å². The minimum atomic E-state index is -0.498. The Balaban J connectivity index is 2.57. The second-order valence-electron chi connectivity index (χ2n) is 3.31. The van der Waals surface area contributed by atoms with E-state index in [0.29, 0.717) is 0 Å². The van der Waals surface area contributed by atoms with E-state index in [0.717, 1.165) is 6.42 Å². The van der Waals surface area contributed by atoms with E-state index in [-0.39, 0.29) is 11.9 Å². The van der Waals surface area contributed by atoms with Gasteiger partial charge in [0.05, 0.1) is 6.10 Å². The first-order valence-corrected chi connectivity index (χ1v) is 5.26. The Hall–Kier alpha value is -0.570. The molecule has 0 fully saturated rings. The Labute approximate surface area is 89.9 Å². The van der Waals surface area contributed by atoms with Gasteiger partial charge in [-0.3, -0.25) is 0 Å². The average molecular weight is 214 g/mol. The summed E-state index contributed by atoms with van der Waals surface area (Å²) in [5, 5.41) is 12.7. The number of nitrogens with one attached hydrogen (secondary N) is 1. The zero-order chi connectivity index (χ0) is 10.4. The van der Waals surface area contributed by atoms with Crippen molar-refractivity contribution >= 4 is 11.6 Å². The fraction of sp³-hybridized carbons (Fsp3) is 0.455. The van der Waals surface area contributed by atoms with Crippen molar-refractivity contribution < 1.29 is 5.11 Å². The maximum atomic E-state index is 9.58. The quantitative estimate of drug-likeness (QED) is 0.726. The Kier molecular flexibility index (Phi) is 4.94. The van der Waals surface area contributed by atoms with E-state index in [4.69, 9.17) is 11.6 Å². The monoisotopic (exact) mass is 213 g/mol. The first-order valence-electron chi connectivity index (χ1n) is 4.73. The van der Waals surface area contributed by atoms with Crippen molar-refractivity contribution in [1.82, 2.24) is 5.32 Å².